The first-order valence-electron chi connectivity index (χ1n) is 6.78. The van der Waals surface area contributed by atoms with E-state index in [9.17, 15) is 4.79 Å². The van der Waals surface area contributed by atoms with E-state index in [-0.39, 0.29) is 5.69 Å². The maximum atomic E-state index is 12.0. The molecule has 0 aliphatic heterocycles. The van der Waals surface area contributed by atoms with Crippen LogP contribution in [-0.2, 0) is 18.3 Å². The predicted molar refractivity (Wildman–Crippen MR) is 70.9 cm³/mol. The average molecular weight is 275 g/mol. The number of hydrogen-bond acceptors (Lipinski definition) is 5. The van der Waals surface area contributed by atoms with Crippen LogP contribution in [-0.4, -0.2) is 37.1 Å². The highest BCUT2D eigenvalue weighted by atomic mass is 16.5. The van der Waals surface area contributed by atoms with E-state index in [0.717, 1.165) is 12.2 Å². The molecule has 1 fully saturated rings. The Balaban J connectivity index is 2.03. The van der Waals surface area contributed by atoms with Crippen LogP contribution in [0.15, 0.2) is 12.5 Å². The first-order chi connectivity index (χ1) is 9.70. The molecule has 0 bridgehead atoms. The number of imidazole rings is 1. The summed E-state index contributed by atoms with van der Waals surface area (Å²) in [6.45, 7) is 2.88. The van der Waals surface area contributed by atoms with Crippen molar-refractivity contribution < 1.29 is 9.53 Å². The summed E-state index contributed by atoms with van der Waals surface area (Å²) in [4.78, 5) is 16.1. The molecule has 1 aliphatic carbocycles. The highest BCUT2D eigenvalue weighted by Gasteiger charge is 2.28. The Bertz CT molecular complexity index is 626. The highest BCUT2D eigenvalue weighted by molar-refractivity contribution is 5.93. The van der Waals surface area contributed by atoms with Gasteiger partial charge in [0.2, 0.25) is 0 Å². The lowest BCUT2D eigenvalue weighted by molar-refractivity contribution is 0.0520. The van der Waals surface area contributed by atoms with Crippen molar-refractivity contribution in [1.29, 1.82) is 0 Å². The molecule has 0 aromatic carbocycles. The number of rotatable bonds is 5. The molecule has 2 aromatic heterocycles. The van der Waals surface area contributed by atoms with Gasteiger partial charge in [-0.2, -0.15) is 0 Å². The fourth-order valence-electron chi connectivity index (χ4n) is 2.16. The van der Waals surface area contributed by atoms with E-state index in [1.807, 2.05) is 11.6 Å². The van der Waals surface area contributed by atoms with Gasteiger partial charge in [-0.3, -0.25) is 0 Å². The van der Waals surface area contributed by atoms with Gasteiger partial charge in [-0.1, -0.05) is 5.21 Å². The van der Waals surface area contributed by atoms with Gasteiger partial charge >= 0.3 is 5.97 Å². The maximum absolute atomic E-state index is 12.0. The third kappa shape index (κ3) is 2.31. The Labute approximate surface area is 116 Å². The molecular weight excluding hydrogens is 258 g/mol. The minimum absolute atomic E-state index is 0.260. The van der Waals surface area contributed by atoms with Gasteiger partial charge in [-0.15, -0.1) is 5.10 Å². The van der Waals surface area contributed by atoms with Gasteiger partial charge in [-0.25, -0.2) is 14.5 Å². The second-order valence-corrected chi connectivity index (χ2v) is 5.02. The lowest BCUT2D eigenvalue weighted by atomic mass is 10.2. The molecule has 0 saturated heterocycles. The molecule has 0 N–H and O–H groups in total. The molecule has 0 spiro atoms. The van der Waals surface area contributed by atoms with E-state index in [0.29, 0.717) is 18.2 Å². The zero-order valence-electron chi connectivity index (χ0n) is 11.6. The molecule has 0 amide bonds. The van der Waals surface area contributed by atoms with Crippen molar-refractivity contribution >= 4 is 5.97 Å². The van der Waals surface area contributed by atoms with Crippen molar-refractivity contribution in [2.75, 3.05) is 6.61 Å². The van der Waals surface area contributed by atoms with Crippen LogP contribution in [0.4, 0.5) is 0 Å². The number of carbonyl (C=O) groups excluding carboxylic acids is 1. The molecule has 2 heterocycles. The summed E-state index contributed by atoms with van der Waals surface area (Å²) in [7, 11) is 1.88. The van der Waals surface area contributed by atoms with Gasteiger partial charge in [-0.05, 0) is 25.7 Å². The molecule has 7 heteroatoms. The number of aromatic nitrogens is 5. The van der Waals surface area contributed by atoms with Crippen LogP contribution in [0.5, 0.6) is 0 Å². The van der Waals surface area contributed by atoms with Gasteiger partial charge in [0.1, 0.15) is 5.69 Å². The fraction of sp³-hybridized carbons (Fsp3) is 0.538. The standard InChI is InChI=1S/C13H17N5O2/c1-3-20-13(19)11-12(10-6-14-8-17(10)2)18(16-15-11)7-9-4-5-9/h6,8-9H,3-5,7H2,1-2H3. The van der Waals surface area contributed by atoms with Crippen LogP contribution < -0.4 is 0 Å². The van der Waals surface area contributed by atoms with Crippen LogP contribution in [0.3, 0.4) is 0 Å². The minimum atomic E-state index is -0.439. The largest absolute Gasteiger partial charge is 0.461 e. The lowest BCUT2D eigenvalue weighted by Gasteiger charge is -2.07. The number of esters is 1. The fourth-order valence-corrected chi connectivity index (χ4v) is 2.16. The van der Waals surface area contributed by atoms with E-state index < -0.39 is 5.97 Å². The van der Waals surface area contributed by atoms with Gasteiger partial charge in [0.25, 0.3) is 0 Å². The molecule has 0 unspecified atom stereocenters. The molecule has 2 aromatic rings. The monoisotopic (exact) mass is 275 g/mol. The topological polar surface area (TPSA) is 74.8 Å². The number of nitrogens with zero attached hydrogens (tertiary/aromatic N) is 5. The van der Waals surface area contributed by atoms with Crippen molar-refractivity contribution in [1.82, 2.24) is 24.5 Å². The third-order valence-corrected chi connectivity index (χ3v) is 3.39. The van der Waals surface area contributed by atoms with E-state index in [1.165, 1.54) is 12.8 Å². The normalized spacial score (nSPS) is 14.5. The molecule has 106 valence electrons. The Hall–Kier alpha value is -2.18. The third-order valence-electron chi connectivity index (χ3n) is 3.39. The maximum Gasteiger partial charge on any atom is 0.361 e. The molecule has 7 nitrogen and oxygen atoms in total. The van der Waals surface area contributed by atoms with Crippen molar-refractivity contribution in [3.8, 4) is 11.4 Å². The van der Waals surface area contributed by atoms with Crippen LogP contribution in [0.2, 0.25) is 0 Å². The SMILES string of the molecule is CCOC(=O)c1nnn(CC2CC2)c1-c1cncn1C. The molecule has 0 atom stereocenters. The smallest absolute Gasteiger partial charge is 0.361 e. The van der Waals surface area contributed by atoms with E-state index in [4.69, 9.17) is 4.74 Å². The van der Waals surface area contributed by atoms with E-state index in [1.54, 1.807) is 24.1 Å². The number of hydrogen-bond donors (Lipinski definition) is 0. The number of carbonyl (C=O) groups is 1. The first-order valence-corrected chi connectivity index (χ1v) is 6.78. The van der Waals surface area contributed by atoms with Gasteiger partial charge in [0, 0.05) is 13.6 Å². The molecular formula is C13H17N5O2. The molecule has 3 rings (SSSR count). The van der Waals surface area contributed by atoms with Crippen LogP contribution in [0.1, 0.15) is 30.3 Å². The predicted octanol–water partition coefficient (Wildman–Crippen LogP) is 1.27. The van der Waals surface area contributed by atoms with Crippen LogP contribution in [0, 0.1) is 5.92 Å². The molecule has 20 heavy (non-hydrogen) atoms. The summed E-state index contributed by atoms with van der Waals surface area (Å²) < 4.78 is 8.70. The Morgan fingerprint density at radius 2 is 2.30 bits per heavy atom. The Morgan fingerprint density at radius 3 is 2.90 bits per heavy atom. The summed E-state index contributed by atoms with van der Waals surface area (Å²) in [6.07, 6.45) is 5.82. The van der Waals surface area contributed by atoms with Crippen LogP contribution in [0.25, 0.3) is 11.4 Å². The average Bonchev–Trinajstić information content (AvgIpc) is 2.98. The van der Waals surface area contributed by atoms with Crippen molar-refractivity contribution in [3.05, 3.63) is 18.2 Å². The summed E-state index contributed by atoms with van der Waals surface area (Å²) >= 11 is 0. The van der Waals surface area contributed by atoms with Crippen molar-refractivity contribution in [2.24, 2.45) is 13.0 Å². The molecule has 1 aliphatic rings. The quantitative estimate of drug-likeness (QED) is 0.768. The number of ether oxygens (including phenoxy) is 1. The first kappa shape index (κ1) is 12.8. The van der Waals surface area contributed by atoms with Crippen molar-refractivity contribution in [2.45, 2.75) is 26.3 Å². The van der Waals surface area contributed by atoms with E-state index in [2.05, 4.69) is 15.3 Å². The molecule has 0 radical (unpaired) electrons. The zero-order chi connectivity index (χ0) is 14.1. The van der Waals surface area contributed by atoms with Gasteiger partial charge in [0.05, 0.1) is 24.8 Å². The Kier molecular flexibility index (Phi) is 3.25. The van der Waals surface area contributed by atoms with Crippen molar-refractivity contribution in [3.63, 3.8) is 0 Å². The van der Waals surface area contributed by atoms with Gasteiger partial charge in [0.15, 0.2) is 5.69 Å². The Morgan fingerprint density at radius 1 is 1.50 bits per heavy atom. The minimum Gasteiger partial charge on any atom is -0.461 e. The molecule has 1 saturated carbocycles. The summed E-state index contributed by atoms with van der Waals surface area (Å²) in [5, 5.41) is 8.13. The second kappa shape index (κ2) is 5.07. The lowest BCUT2D eigenvalue weighted by Crippen LogP contribution is -2.10. The summed E-state index contributed by atoms with van der Waals surface area (Å²) in [6, 6.07) is 0. The van der Waals surface area contributed by atoms with Crippen LogP contribution >= 0.6 is 0 Å². The van der Waals surface area contributed by atoms with E-state index >= 15 is 0 Å². The second-order valence-electron chi connectivity index (χ2n) is 5.02. The van der Waals surface area contributed by atoms with Gasteiger partial charge < -0.3 is 9.30 Å². The summed E-state index contributed by atoms with van der Waals surface area (Å²) in [5.74, 6) is 0.199. The highest BCUT2D eigenvalue weighted by Crippen LogP contribution is 2.32. The number of aryl methyl sites for hydroxylation is 1. The zero-order valence-corrected chi connectivity index (χ0v) is 11.6. The summed E-state index contributed by atoms with van der Waals surface area (Å²) in [5.41, 5.74) is 1.77.